The number of carbonyl (C=O) groups excluding carboxylic acids is 1. The van der Waals surface area contributed by atoms with Gasteiger partial charge >= 0.3 is 6.09 Å². The maximum Gasteiger partial charge on any atom is 0.410 e. The van der Waals surface area contributed by atoms with Crippen molar-refractivity contribution in [2.75, 3.05) is 20.3 Å². The van der Waals surface area contributed by atoms with Gasteiger partial charge in [-0.3, -0.25) is 0 Å². The molecule has 1 aliphatic rings. The Balaban J connectivity index is 1.50. The number of aryl methyl sites for hydroxylation is 1. The summed E-state index contributed by atoms with van der Waals surface area (Å²) < 4.78 is 15.4. The predicted molar refractivity (Wildman–Crippen MR) is 148 cm³/mol. The summed E-state index contributed by atoms with van der Waals surface area (Å²) >= 11 is 6.58. The zero-order chi connectivity index (χ0) is 27.0. The van der Waals surface area contributed by atoms with E-state index in [2.05, 4.69) is 37.9 Å². The Labute approximate surface area is 227 Å². The first-order valence-corrected chi connectivity index (χ1v) is 13.2. The molecule has 0 saturated carbocycles. The van der Waals surface area contributed by atoms with Crippen LogP contribution < -0.4 is 0 Å². The van der Waals surface area contributed by atoms with E-state index in [4.69, 9.17) is 21.1 Å². The number of rotatable bonds is 4. The summed E-state index contributed by atoms with van der Waals surface area (Å²) in [6.45, 7) is 9.50. The largest absolute Gasteiger partial charge is 0.444 e. The van der Waals surface area contributed by atoms with Crippen LogP contribution in [0.2, 0.25) is 5.15 Å². The van der Waals surface area contributed by atoms with Gasteiger partial charge in [-0.2, -0.15) is 0 Å². The van der Waals surface area contributed by atoms with Gasteiger partial charge in [-0.25, -0.2) is 14.8 Å². The van der Waals surface area contributed by atoms with Gasteiger partial charge in [0, 0.05) is 38.2 Å². The van der Waals surface area contributed by atoms with Gasteiger partial charge < -0.3 is 23.5 Å². The van der Waals surface area contributed by atoms with Crippen molar-refractivity contribution in [3.8, 4) is 11.8 Å². The maximum atomic E-state index is 13.0. The van der Waals surface area contributed by atoms with Gasteiger partial charge in [0.1, 0.15) is 10.8 Å². The second kappa shape index (κ2) is 10.3. The van der Waals surface area contributed by atoms with Crippen molar-refractivity contribution in [3.05, 3.63) is 59.3 Å². The van der Waals surface area contributed by atoms with Crippen LogP contribution in [-0.4, -0.2) is 62.0 Å². The number of imidazole rings is 1. The highest BCUT2D eigenvalue weighted by atomic mass is 35.5. The predicted octanol–water partition coefficient (Wildman–Crippen LogP) is 5.66. The van der Waals surface area contributed by atoms with Crippen LogP contribution in [0.1, 0.15) is 51.3 Å². The molecule has 1 fully saturated rings. The lowest BCUT2D eigenvalue weighted by Gasteiger charge is -2.28. The van der Waals surface area contributed by atoms with Crippen molar-refractivity contribution < 1.29 is 14.3 Å². The molecule has 2 atom stereocenters. The third-order valence-electron chi connectivity index (χ3n) is 6.77. The van der Waals surface area contributed by atoms with Crippen molar-refractivity contribution >= 4 is 39.6 Å². The molecular weight excluding hydrogens is 502 g/mol. The maximum absolute atomic E-state index is 13.0. The third-order valence-corrected chi connectivity index (χ3v) is 7.06. The van der Waals surface area contributed by atoms with Crippen molar-refractivity contribution in [2.24, 2.45) is 0 Å². The number of hydrogen-bond acceptors (Lipinski definition) is 5. The third kappa shape index (κ3) is 5.09. The molecule has 8 nitrogen and oxygen atoms in total. The molecule has 0 unspecified atom stereocenters. The topological polar surface area (TPSA) is 74.4 Å². The van der Waals surface area contributed by atoms with Crippen LogP contribution in [0.25, 0.3) is 21.9 Å². The average molecular weight is 534 g/mol. The first-order chi connectivity index (χ1) is 18.2. The number of nitrogens with zero attached hydrogens (tertiary/aromatic N) is 5. The number of likely N-dealkylation sites (tertiary alicyclic amines) is 1. The van der Waals surface area contributed by atoms with E-state index >= 15 is 0 Å². The standard InChI is InChI=1S/C29H32ClN5O3/c1-6-33-18-32-23-13-19(8-10-24(23)33)7-9-20-15-34(25-11-12-31-27(30)26(20)25)21-14-22(17-37-5)35(16-21)28(36)38-29(2,3)4/h8,10-13,15,18,21-22H,6,14,16-17H2,1-5H3/t21-,22+/m0/s1. The van der Waals surface area contributed by atoms with E-state index in [0.717, 1.165) is 46.0 Å². The number of fused-ring (bicyclic) bond motifs is 2. The highest BCUT2D eigenvalue weighted by Gasteiger charge is 2.39. The van der Waals surface area contributed by atoms with E-state index in [1.54, 1.807) is 18.2 Å². The minimum absolute atomic E-state index is 0.00791. The highest BCUT2D eigenvalue weighted by Crippen LogP contribution is 2.35. The highest BCUT2D eigenvalue weighted by molar-refractivity contribution is 6.34. The molecule has 1 saturated heterocycles. The van der Waals surface area contributed by atoms with Gasteiger partial charge in [-0.1, -0.05) is 23.4 Å². The molecular formula is C29H32ClN5O3. The molecule has 38 heavy (non-hydrogen) atoms. The fourth-order valence-corrected chi connectivity index (χ4v) is 5.34. The molecule has 198 valence electrons. The summed E-state index contributed by atoms with van der Waals surface area (Å²) in [7, 11) is 1.65. The monoisotopic (exact) mass is 533 g/mol. The number of amides is 1. The lowest BCUT2D eigenvalue weighted by molar-refractivity contribution is 0.0146. The number of halogens is 1. The number of aromatic nitrogens is 4. The van der Waals surface area contributed by atoms with Crippen LogP contribution in [0.4, 0.5) is 4.79 Å². The SMILES string of the molecule is CCn1cnc2cc(C#Cc3cn([C@H]4C[C@H](COC)N(C(=O)OC(C)(C)C)C4)c4ccnc(Cl)c34)ccc21. The fraction of sp³-hybridized carbons (Fsp3) is 0.414. The van der Waals surface area contributed by atoms with Gasteiger partial charge in [0.25, 0.3) is 0 Å². The van der Waals surface area contributed by atoms with Gasteiger partial charge in [0.2, 0.25) is 0 Å². The number of ether oxygens (including phenoxy) is 2. The first-order valence-electron chi connectivity index (χ1n) is 12.8. The molecule has 0 spiro atoms. The van der Waals surface area contributed by atoms with Crippen molar-refractivity contribution in [1.29, 1.82) is 0 Å². The molecule has 5 rings (SSSR count). The van der Waals surface area contributed by atoms with Crippen LogP contribution in [0.15, 0.2) is 43.0 Å². The van der Waals surface area contributed by atoms with Crippen molar-refractivity contribution in [3.63, 3.8) is 0 Å². The molecule has 4 heterocycles. The van der Waals surface area contributed by atoms with E-state index in [-0.39, 0.29) is 18.2 Å². The summed E-state index contributed by atoms with van der Waals surface area (Å²) in [6, 6.07) is 7.91. The van der Waals surface area contributed by atoms with Gasteiger partial charge in [0.15, 0.2) is 0 Å². The number of carbonyl (C=O) groups is 1. The summed E-state index contributed by atoms with van der Waals surface area (Å²) in [6.07, 6.45) is 5.95. The number of benzene rings is 1. The Bertz CT molecular complexity index is 1560. The lowest BCUT2D eigenvalue weighted by atomic mass is 10.1. The minimum Gasteiger partial charge on any atom is -0.444 e. The molecule has 9 heteroatoms. The molecule has 0 bridgehead atoms. The van der Waals surface area contributed by atoms with Crippen LogP contribution >= 0.6 is 11.6 Å². The number of pyridine rings is 1. The van der Waals surface area contributed by atoms with Crippen molar-refractivity contribution in [1.82, 2.24) is 24.0 Å². The molecule has 0 N–H and O–H groups in total. The smallest absolute Gasteiger partial charge is 0.410 e. The second-order valence-corrected chi connectivity index (χ2v) is 10.9. The molecule has 0 aliphatic carbocycles. The minimum atomic E-state index is -0.577. The molecule has 1 aliphatic heterocycles. The van der Waals surface area contributed by atoms with E-state index in [1.807, 2.05) is 57.6 Å². The molecule has 1 aromatic carbocycles. The molecule has 0 radical (unpaired) electrons. The fourth-order valence-electron chi connectivity index (χ4n) is 5.08. The Morgan fingerprint density at radius 3 is 2.74 bits per heavy atom. The molecule has 3 aromatic heterocycles. The summed E-state index contributed by atoms with van der Waals surface area (Å²) in [5.74, 6) is 6.60. The number of methoxy groups -OCH3 is 1. The Kier molecular flexibility index (Phi) is 7.08. The molecule has 1 amide bonds. The first kappa shape index (κ1) is 26.1. The Morgan fingerprint density at radius 2 is 2.00 bits per heavy atom. The van der Waals surface area contributed by atoms with E-state index in [1.165, 1.54) is 0 Å². The zero-order valence-electron chi connectivity index (χ0n) is 22.4. The quantitative estimate of drug-likeness (QED) is 0.250. The van der Waals surface area contributed by atoms with E-state index in [0.29, 0.717) is 18.3 Å². The number of hydrogen-bond donors (Lipinski definition) is 0. The summed E-state index contributed by atoms with van der Waals surface area (Å²) in [5, 5.41) is 1.20. The van der Waals surface area contributed by atoms with Crippen LogP contribution in [0.3, 0.4) is 0 Å². The van der Waals surface area contributed by atoms with Crippen LogP contribution in [0.5, 0.6) is 0 Å². The van der Waals surface area contributed by atoms with Crippen LogP contribution in [0, 0.1) is 11.8 Å². The normalized spacial score (nSPS) is 17.7. The lowest BCUT2D eigenvalue weighted by Crippen LogP contribution is -2.41. The molecule has 4 aromatic rings. The van der Waals surface area contributed by atoms with Gasteiger partial charge in [-0.15, -0.1) is 0 Å². The van der Waals surface area contributed by atoms with E-state index in [9.17, 15) is 4.79 Å². The second-order valence-electron chi connectivity index (χ2n) is 10.6. The summed E-state index contributed by atoms with van der Waals surface area (Å²) in [4.78, 5) is 23.6. The zero-order valence-corrected chi connectivity index (χ0v) is 23.1. The Morgan fingerprint density at radius 1 is 1.18 bits per heavy atom. The summed E-state index contributed by atoms with van der Waals surface area (Å²) in [5.41, 5.74) is 4.01. The van der Waals surface area contributed by atoms with E-state index < -0.39 is 5.60 Å². The van der Waals surface area contributed by atoms with Gasteiger partial charge in [-0.05, 0) is 58.4 Å². The van der Waals surface area contributed by atoms with Gasteiger partial charge in [0.05, 0.1) is 52.5 Å². The average Bonchev–Trinajstić information content (AvgIpc) is 3.57. The van der Waals surface area contributed by atoms with Crippen LogP contribution in [-0.2, 0) is 16.0 Å². The van der Waals surface area contributed by atoms with Crippen molar-refractivity contribution in [2.45, 2.75) is 58.3 Å². The Hall–Kier alpha value is -3.54.